The third-order valence-corrected chi connectivity index (χ3v) is 4.83. The number of nitrogens with zero attached hydrogens (tertiary/aromatic N) is 4. The number of aryl methyl sites for hydroxylation is 1. The quantitative estimate of drug-likeness (QED) is 0.546. The number of carbonyl (C=O) groups excluding carboxylic acids is 1. The third kappa shape index (κ3) is 4.18. The van der Waals surface area contributed by atoms with Crippen molar-refractivity contribution >= 4 is 35.0 Å². The standard InChI is InChI=1S/C17H16ClN5OS/c1-11-5-7-12(8-6-11)16-21-22-17(23(16)2)25-10-14(24)20-13-4-3-9-19-15(13)18/h3-9H,10H2,1-2H3,(H,20,24). The van der Waals surface area contributed by atoms with Crippen LogP contribution in [0, 0.1) is 6.92 Å². The van der Waals surface area contributed by atoms with E-state index >= 15 is 0 Å². The number of pyridine rings is 1. The Morgan fingerprint density at radius 1 is 1.24 bits per heavy atom. The molecule has 3 aromatic rings. The van der Waals surface area contributed by atoms with Gasteiger partial charge in [0, 0.05) is 18.8 Å². The number of amides is 1. The summed E-state index contributed by atoms with van der Waals surface area (Å²) in [5.74, 6) is 0.781. The Morgan fingerprint density at radius 2 is 2.00 bits per heavy atom. The Bertz CT molecular complexity index is 894. The van der Waals surface area contributed by atoms with E-state index in [-0.39, 0.29) is 16.8 Å². The molecule has 0 aliphatic heterocycles. The Hall–Kier alpha value is -2.38. The molecule has 0 aliphatic carbocycles. The lowest BCUT2D eigenvalue weighted by Crippen LogP contribution is -2.15. The second-order valence-electron chi connectivity index (χ2n) is 5.41. The summed E-state index contributed by atoms with van der Waals surface area (Å²) in [6.45, 7) is 2.04. The number of rotatable bonds is 5. The summed E-state index contributed by atoms with van der Waals surface area (Å²) in [5.41, 5.74) is 2.67. The summed E-state index contributed by atoms with van der Waals surface area (Å²) < 4.78 is 1.87. The molecule has 8 heteroatoms. The number of carbonyl (C=O) groups is 1. The van der Waals surface area contributed by atoms with Crippen LogP contribution in [-0.2, 0) is 11.8 Å². The Labute approximate surface area is 154 Å². The van der Waals surface area contributed by atoms with Crippen molar-refractivity contribution in [2.75, 3.05) is 11.1 Å². The molecule has 0 atom stereocenters. The number of thioether (sulfide) groups is 1. The fourth-order valence-electron chi connectivity index (χ4n) is 2.19. The minimum absolute atomic E-state index is 0.181. The lowest BCUT2D eigenvalue weighted by molar-refractivity contribution is -0.113. The molecule has 6 nitrogen and oxygen atoms in total. The molecule has 1 aromatic carbocycles. The minimum atomic E-state index is -0.181. The van der Waals surface area contributed by atoms with Crippen LogP contribution in [0.3, 0.4) is 0 Å². The maximum atomic E-state index is 12.1. The summed E-state index contributed by atoms with van der Waals surface area (Å²) in [7, 11) is 1.88. The van der Waals surface area contributed by atoms with Crippen molar-refractivity contribution in [1.29, 1.82) is 0 Å². The van der Waals surface area contributed by atoms with Gasteiger partial charge in [0.2, 0.25) is 5.91 Å². The lowest BCUT2D eigenvalue weighted by atomic mass is 10.1. The number of hydrogen-bond acceptors (Lipinski definition) is 5. The maximum absolute atomic E-state index is 12.1. The summed E-state index contributed by atoms with van der Waals surface area (Å²) in [5, 5.41) is 12.1. The molecule has 0 bridgehead atoms. The van der Waals surface area contributed by atoms with Crippen molar-refractivity contribution in [2.45, 2.75) is 12.1 Å². The number of nitrogens with one attached hydrogen (secondary N) is 1. The molecule has 1 N–H and O–H groups in total. The first-order valence-corrected chi connectivity index (χ1v) is 8.90. The second-order valence-corrected chi connectivity index (χ2v) is 6.71. The van der Waals surface area contributed by atoms with Crippen LogP contribution in [0.2, 0.25) is 5.15 Å². The number of aromatic nitrogens is 4. The van der Waals surface area contributed by atoms with Gasteiger partial charge < -0.3 is 9.88 Å². The molecule has 1 amide bonds. The van der Waals surface area contributed by atoms with Gasteiger partial charge in [0.1, 0.15) is 0 Å². The summed E-state index contributed by atoms with van der Waals surface area (Å²) in [6.07, 6.45) is 1.57. The molecular formula is C17H16ClN5OS. The summed E-state index contributed by atoms with van der Waals surface area (Å²) in [4.78, 5) is 16.0. The van der Waals surface area contributed by atoms with E-state index in [2.05, 4.69) is 20.5 Å². The molecular weight excluding hydrogens is 358 g/mol. The van der Waals surface area contributed by atoms with E-state index in [1.165, 1.54) is 17.3 Å². The minimum Gasteiger partial charge on any atom is -0.323 e. The molecule has 0 aliphatic rings. The van der Waals surface area contributed by atoms with Crippen LogP contribution in [0.4, 0.5) is 5.69 Å². The van der Waals surface area contributed by atoms with Crippen LogP contribution in [0.1, 0.15) is 5.56 Å². The van der Waals surface area contributed by atoms with Crippen molar-refractivity contribution < 1.29 is 4.79 Å². The predicted octanol–water partition coefficient (Wildman–Crippen LogP) is 3.57. The van der Waals surface area contributed by atoms with Gasteiger partial charge in [-0.1, -0.05) is 53.2 Å². The number of halogens is 1. The molecule has 0 saturated heterocycles. The van der Waals surface area contributed by atoms with Crippen LogP contribution >= 0.6 is 23.4 Å². The highest BCUT2D eigenvalue weighted by Gasteiger charge is 2.13. The predicted molar refractivity (Wildman–Crippen MR) is 99.8 cm³/mol. The number of hydrogen-bond donors (Lipinski definition) is 1. The Morgan fingerprint density at radius 3 is 2.72 bits per heavy atom. The molecule has 128 valence electrons. The monoisotopic (exact) mass is 373 g/mol. The zero-order valence-corrected chi connectivity index (χ0v) is 15.3. The first-order valence-electron chi connectivity index (χ1n) is 7.54. The number of benzene rings is 1. The average Bonchev–Trinajstić information content (AvgIpc) is 2.97. The van der Waals surface area contributed by atoms with Crippen LogP contribution in [0.25, 0.3) is 11.4 Å². The molecule has 2 aromatic heterocycles. The highest BCUT2D eigenvalue weighted by Crippen LogP contribution is 2.23. The fraction of sp³-hybridized carbons (Fsp3) is 0.176. The first-order chi connectivity index (χ1) is 12.0. The summed E-state index contributed by atoms with van der Waals surface area (Å²) >= 11 is 7.25. The lowest BCUT2D eigenvalue weighted by Gasteiger charge is -2.06. The largest absolute Gasteiger partial charge is 0.323 e. The fourth-order valence-corrected chi connectivity index (χ4v) is 3.07. The average molecular weight is 374 g/mol. The number of anilines is 1. The van der Waals surface area contributed by atoms with Crippen molar-refractivity contribution in [3.05, 3.63) is 53.3 Å². The van der Waals surface area contributed by atoms with Crippen LogP contribution in [0.5, 0.6) is 0 Å². The van der Waals surface area contributed by atoms with Crippen molar-refractivity contribution in [2.24, 2.45) is 7.05 Å². The van der Waals surface area contributed by atoms with Gasteiger partial charge in [0.25, 0.3) is 0 Å². The van der Waals surface area contributed by atoms with E-state index in [1.54, 1.807) is 18.3 Å². The Balaban J connectivity index is 1.65. The van der Waals surface area contributed by atoms with E-state index in [0.29, 0.717) is 10.8 Å². The molecule has 0 saturated carbocycles. The Kier molecular flexibility index (Phi) is 5.35. The van der Waals surface area contributed by atoms with Crippen LogP contribution in [0.15, 0.2) is 47.8 Å². The van der Waals surface area contributed by atoms with E-state index in [0.717, 1.165) is 11.4 Å². The normalized spacial score (nSPS) is 10.7. The van der Waals surface area contributed by atoms with Gasteiger partial charge in [0.05, 0.1) is 11.4 Å². The van der Waals surface area contributed by atoms with Crippen molar-refractivity contribution in [3.8, 4) is 11.4 Å². The van der Waals surface area contributed by atoms with E-state index < -0.39 is 0 Å². The van der Waals surface area contributed by atoms with Gasteiger partial charge in [-0.3, -0.25) is 4.79 Å². The molecule has 3 rings (SSSR count). The van der Waals surface area contributed by atoms with E-state index in [1.807, 2.05) is 42.8 Å². The van der Waals surface area contributed by atoms with Crippen molar-refractivity contribution in [3.63, 3.8) is 0 Å². The zero-order valence-electron chi connectivity index (χ0n) is 13.7. The highest BCUT2D eigenvalue weighted by atomic mass is 35.5. The van der Waals surface area contributed by atoms with Gasteiger partial charge in [-0.25, -0.2) is 4.98 Å². The summed E-state index contributed by atoms with van der Waals surface area (Å²) in [6, 6.07) is 11.5. The topological polar surface area (TPSA) is 72.7 Å². The van der Waals surface area contributed by atoms with Gasteiger partial charge in [0.15, 0.2) is 16.1 Å². The SMILES string of the molecule is Cc1ccc(-c2nnc(SCC(=O)Nc3cccnc3Cl)n2C)cc1. The zero-order chi connectivity index (χ0) is 17.8. The molecule has 0 spiro atoms. The van der Waals surface area contributed by atoms with E-state index in [9.17, 15) is 4.79 Å². The van der Waals surface area contributed by atoms with E-state index in [4.69, 9.17) is 11.6 Å². The maximum Gasteiger partial charge on any atom is 0.234 e. The van der Waals surface area contributed by atoms with Crippen LogP contribution in [-0.4, -0.2) is 31.4 Å². The van der Waals surface area contributed by atoms with Crippen molar-refractivity contribution in [1.82, 2.24) is 19.7 Å². The van der Waals surface area contributed by atoms with Gasteiger partial charge in [-0.15, -0.1) is 10.2 Å². The van der Waals surface area contributed by atoms with Crippen LogP contribution < -0.4 is 5.32 Å². The first kappa shape index (κ1) is 17.4. The molecule has 0 radical (unpaired) electrons. The third-order valence-electron chi connectivity index (χ3n) is 3.51. The van der Waals surface area contributed by atoms with Gasteiger partial charge >= 0.3 is 0 Å². The van der Waals surface area contributed by atoms with Gasteiger partial charge in [-0.2, -0.15) is 0 Å². The highest BCUT2D eigenvalue weighted by molar-refractivity contribution is 7.99. The second kappa shape index (κ2) is 7.67. The molecule has 25 heavy (non-hydrogen) atoms. The molecule has 0 unspecified atom stereocenters. The molecule has 0 fully saturated rings. The smallest absolute Gasteiger partial charge is 0.234 e. The molecule has 2 heterocycles. The van der Waals surface area contributed by atoms with Gasteiger partial charge in [-0.05, 0) is 19.1 Å².